The van der Waals surface area contributed by atoms with Crippen LogP contribution in [0.3, 0.4) is 0 Å². The third-order valence-electron chi connectivity index (χ3n) is 5.98. The molecule has 1 aliphatic rings. The van der Waals surface area contributed by atoms with Crippen LogP contribution in [0.25, 0.3) is 0 Å². The summed E-state index contributed by atoms with van der Waals surface area (Å²) >= 11 is 1.85. The van der Waals surface area contributed by atoms with Crippen molar-refractivity contribution in [3.8, 4) is 17.6 Å². The summed E-state index contributed by atoms with van der Waals surface area (Å²) in [4.78, 5) is 17.6. The standard InChI is InChI=1S/C25H29NO2S/c1-5-18(4)24(27)28-20-14-19(16-26-17-20)12-13-21-15-25(6-2,7-3)22-10-8-9-11-23(22)29-21/h8-11,14,16-18,21H,5-7,15H2,1-4H3. The Morgan fingerprint density at radius 3 is 2.76 bits per heavy atom. The lowest BCUT2D eigenvalue weighted by Crippen LogP contribution is -2.32. The maximum Gasteiger partial charge on any atom is 0.314 e. The molecule has 1 aromatic heterocycles. The first-order valence-corrected chi connectivity index (χ1v) is 11.3. The highest BCUT2D eigenvalue weighted by Crippen LogP contribution is 2.48. The van der Waals surface area contributed by atoms with Gasteiger partial charge in [-0.3, -0.25) is 9.78 Å². The molecule has 1 aromatic carbocycles. The molecule has 0 saturated heterocycles. The van der Waals surface area contributed by atoms with Crippen molar-refractivity contribution in [2.45, 2.75) is 68.9 Å². The molecule has 0 aliphatic carbocycles. The van der Waals surface area contributed by atoms with Gasteiger partial charge in [0.1, 0.15) is 5.75 Å². The lowest BCUT2D eigenvalue weighted by molar-refractivity contribution is -0.138. The quantitative estimate of drug-likeness (QED) is 0.450. The number of fused-ring (bicyclic) bond motifs is 1. The number of ether oxygens (including phenoxy) is 1. The number of nitrogens with zero attached hydrogens (tertiary/aromatic N) is 1. The first-order valence-electron chi connectivity index (χ1n) is 10.5. The summed E-state index contributed by atoms with van der Waals surface area (Å²) < 4.78 is 5.44. The molecule has 2 heterocycles. The molecule has 0 radical (unpaired) electrons. The topological polar surface area (TPSA) is 39.2 Å². The van der Waals surface area contributed by atoms with Crippen LogP contribution in [0.4, 0.5) is 0 Å². The highest BCUT2D eigenvalue weighted by Gasteiger charge is 2.37. The number of hydrogen-bond acceptors (Lipinski definition) is 4. The summed E-state index contributed by atoms with van der Waals surface area (Å²) in [6, 6.07) is 10.5. The lowest BCUT2D eigenvalue weighted by Gasteiger charge is -2.40. The van der Waals surface area contributed by atoms with Gasteiger partial charge >= 0.3 is 5.97 Å². The second kappa shape index (κ2) is 9.50. The van der Waals surface area contributed by atoms with E-state index >= 15 is 0 Å². The number of rotatable bonds is 5. The van der Waals surface area contributed by atoms with Gasteiger partial charge in [0.05, 0.1) is 17.4 Å². The molecule has 1 aliphatic heterocycles. The Morgan fingerprint density at radius 1 is 1.28 bits per heavy atom. The number of carbonyl (C=O) groups is 1. The normalized spacial score (nSPS) is 18.1. The summed E-state index contributed by atoms with van der Waals surface area (Å²) in [6.45, 7) is 8.39. The molecule has 2 aromatic rings. The van der Waals surface area contributed by atoms with Gasteiger partial charge < -0.3 is 4.74 Å². The lowest BCUT2D eigenvalue weighted by atomic mass is 9.72. The number of thioether (sulfide) groups is 1. The smallest absolute Gasteiger partial charge is 0.314 e. The van der Waals surface area contributed by atoms with E-state index < -0.39 is 0 Å². The summed E-state index contributed by atoms with van der Waals surface area (Å²) in [5.41, 5.74) is 2.43. The fourth-order valence-corrected chi connectivity index (χ4v) is 5.15. The van der Waals surface area contributed by atoms with Gasteiger partial charge in [-0.1, -0.05) is 57.7 Å². The maximum absolute atomic E-state index is 12.0. The number of pyridine rings is 1. The molecular formula is C25H29NO2S. The van der Waals surface area contributed by atoms with Crippen LogP contribution in [0.2, 0.25) is 0 Å². The minimum absolute atomic E-state index is 0.125. The SMILES string of the molecule is CCC(C)C(=O)Oc1cncc(C#CC2CC(CC)(CC)c3ccccc3S2)c1. The molecule has 0 amide bonds. The van der Waals surface area contributed by atoms with Crippen LogP contribution in [0.15, 0.2) is 47.6 Å². The first-order chi connectivity index (χ1) is 14.0. The average Bonchev–Trinajstić information content (AvgIpc) is 2.76. The van der Waals surface area contributed by atoms with E-state index in [4.69, 9.17) is 4.74 Å². The van der Waals surface area contributed by atoms with E-state index in [0.29, 0.717) is 5.75 Å². The molecule has 0 N–H and O–H groups in total. The molecule has 0 bridgehead atoms. The van der Waals surface area contributed by atoms with E-state index in [2.05, 4.69) is 54.9 Å². The Kier molecular flexibility index (Phi) is 7.03. The maximum atomic E-state index is 12.0. The Hall–Kier alpha value is -2.25. The molecule has 0 fully saturated rings. The van der Waals surface area contributed by atoms with Gasteiger partial charge in [0.15, 0.2) is 0 Å². The van der Waals surface area contributed by atoms with Gasteiger partial charge in [-0.2, -0.15) is 0 Å². The van der Waals surface area contributed by atoms with E-state index in [0.717, 1.165) is 31.2 Å². The fourth-order valence-electron chi connectivity index (χ4n) is 3.76. The minimum atomic E-state index is -0.227. The van der Waals surface area contributed by atoms with Crippen LogP contribution in [-0.2, 0) is 10.2 Å². The van der Waals surface area contributed by atoms with E-state index in [-0.39, 0.29) is 22.6 Å². The van der Waals surface area contributed by atoms with Crippen molar-refractivity contribution in [2.75, 3.05) is 0 Å². The van der Waals surface area contributed by atoms with Crippen LogP contribution >= 0.6 is 11.8 Å². The van der Waals surface area contributed by atoms with Crippen LogP contribution in [0.5, 0.6) is 5.75 Å². The zero-order valence-electron chi connectivity index (χ0n) is 17.7. The second-order valence-corrected chi connectivity index (χ2v) is 8.95. The molecule has 0 saturated carbocycles. The molecule has 2 atom stereocenters. The largest absolute Gasteiger partial charge is 0.425 e. The van der Waals surface area contributed by atoms with Crippen LogP contribution < -0.4 is 4.74 Å². The number of esters is 1. The summed E-state index contributed by atoms with van der Waals surface area (Å²) in [5.74, 6) is 6.82. The predicted molar refractivity (Wildman–Crippen MR) is 119 cm³/mol. The fraction of sp³-hybridized carbons (Fsp3) is 0.440. The van der Waals surface area contributed by atoms with Crippen molar-refractivity contribution in [3.05, 3.63) is 53.9 Å². The van der Waals surface area contributed by atoms with Crippen LogP contribution in [0, 0.1) is 17.8 Å². The van der Waals surface area contributed by atoms with E-state index in [1.54, 1.807) is 18.5 Å². The van der Waals surface area contributed by atoms with Crippen LogP contribution in [0.1, 0.15) is 64.5 Å². The number of benzene rings is 1. The van der Waals surface area contributed by atoms with Crippen molar-refractivity contribution in [3.63, 3.8) is 0 Å². The third-order valence-corrected chi connectivity index (χ3v) is 7.16. The van der Waals surface area contributed by atoms with Gasteiger partial charge in [0.2, 0.25) is 0 Å². The minimum Gasteiger partial charge on any atom is -0.425 e. The molecule has 4 heteroatoms. The molecule has 3 nitrogen and oxygen atoms in total. The summed E-state index contributed by atoms with van der Waals surface area (Å²) in [5, 5.41) is 0.233. The molecule has 2 unspecified atom stereocenters. The van der Waals surface area contributed by atoms with Crippen LogP contribution in [-0.4, -0.2) is 16.2 Å². The van der Waals surface area contributed by atoms with Crippen molar-refractivity contribution >= 4 is 17.7 Å². The molecule has 29 heavy (non-hydrogen) atoms. The molecular weight excluding hydrogens is 378 g/mol. The Labute approximate surface area is 178 Å². The van der Waals surface area contributed by atoms with Gasteiger partial charge in [-0.15, -0.1) is 11.8 Å². The molecule has 152 valence electrons. The Bertz CT molecular complexity index is 924. The number of aromatic nitrogens is 1. The highest BCUT2D eigenvalue weighted by molar-refractivity contribution is 8.00. The number of carbonyl (C=O) groups excluding carboxylic acids is 1. The number of hydrogen-bond donors (Lipinski definition) is 0. The molecule has 0 spiro atoms. The van der Waals surface area contributed by atoms with Crippen molar-refractivity contribution < 1.29 is 9.53 Å². The average molecular weight is 408 g/mol. The zero-order valence-corrected chi connectivity index (χ0v) is 18.5. The van der Waals surface area contributed by atoms with Gasteiger partial charge in [0.25, 0.3) is 0 Å². The summed E-state index contributed by atoms with van der Waals surface area (Å²) in [7, 11) is 0. The first kappa shape index (κ1) is 21.5. The second-order valence-electron chi connectivity index (χ2n) is 7.70. The summed E-state index contributed by atoms with van der Waals surface area (Å²) in [6.07, 6.45) is 7.31. The zero-order chi connectivity index (χ0) is 20.9. The van der Waals surface area contributed by atoms with Gasteiger partial charge in [-0.05, 0) is 48.8 Å². The molecule has 3 rings (SSSR count). The highest BCUT2D eigenvalue weighted by atomic mass is 32.2. The van der Waals surface area contributed by atoms with Crippen molar-refractivity contribution in [1.82, 2.24) is 4.98 Å². The monoisotopic (exact) mass is 407 g/mol. The van der Waals surface area contributed by atoms with E-state index in [1.807, 2.05) is 25.6 Å². The van der Waals surface area contributed by atoms with Crippen molar-refractivity contribution in [2.24, 2.45) is 5.92 Å². The van der Waals surface area contributed by atoms with Crippen molar-refractivity contribution in [1.29, 1.82) is 0 Å². The van der Waals surface area contributed by atoms with E-state index in [9.17, 15) is 4.79 Å². The Morgan fingerprint density at radius 2 is 2.03 bits per heavy atom. The van der Waals surface area contributed by atoms with Gasteiger partial charge in [-0.25, -0.2) is 0 Å². The van der Waals surface area contributed by atoms with E-state index in [1.165, 1.54) is 10.5 Å². The van der Waals surface area contributed by atoms with Gasteiger partial charge in [0, 0.05) is 16.7 Å². The third kappa shape index (κ3) is 4.85. The predicted octanol–water partition coefficient (Wildman–Crippen LogP) is 6.01. The Balaban J connectivity index is 1.80.